The molecule has 0 aromatic heterocycles. The fourth-order valence-electron chi connectivity index (χ4n) is 5.35. The number of aliphatic hydroxyl groups is 2. The van der Waals surface area contributed by atoms with Gasteiger partial charge in [0.15, 0.2) is 0 Å². The summed E-state index contributed by atoms with van der Waals surface area (Å²) >= 11 is 0. The Morgan fingerprint density at radius 1 is 1.29 bits per heavy atom. The van der Waals surface area contributed by atoms with Gasteiger partial charge in [0.2, 0.25) is 0 Å². The third-order valence-corrected chi connectivity index (χ3v) is 7.54. The van der Waals surface area contributed by atoms with Gasteiger partial charge in [0.25, 0.3) is 6.29 Å². The van der Waals surface area contributed by atoms with Crippen LogP contribution in [0.2, 0.25) is 0 Å². The first kappa shape index (κ1) is 21.8. The minimum atomic E-state index is -5.93. The molecule has 0 aromatic carbocycles. The van der Waals surface area contributed by atoms with Crippen molar-refractivity contribution in [2.45, 2.75) is 68.7 Å². The Morgan fingerprint density at radius 2 is 1.96 bits per heavy atom. The first-order chi connectivity index (χ1) is 12.8. The van der Waals surface area contributed by atoms with Crippen LogP contribution in [0.15, 0.2) is 0 Å². The summed E-state index contributed by atoms with van der Waals surface area (Å²) in [5.74, 6) is -0.122. The molecule has 3 aliphatic carbocycles. The molecule has 0 amide bonds. The Kier molecular flexibility index (Phi) is 5.78. The van der Waals surface area contributed by atoms with Crippen LogP contribution in [0.4, 0.5) is 8.78 Å². The van der Waals surface area contributed by atoms with Gasteiger partial charge in [-0.15, -0.1) is 0 Å². The summed E-state index contributed by atoms with van der Waals surface area (Å²) in [7, 11) is -5.93. The predicted octanol–water partition coefficient (Wildman–Crippen LogP) is 1.31. The van der Waals surface area contributed by atoms with Crippen LogP contribution < -0.4 is 0 Å². The number of carbonyl (C=O) groups is 1. The SMILES string of the molecule is CC1(O)CCCC1C1CC2CC1CC2OCC(=O)OC(O)C(F)(F)S(=O)(=O)O. The maximum Gasteiger partial charge on any atom is 0.430 e. The van der Waals surface area contributed by atoms with Gasteiger partial charge >= 0.3 is 21.3 Å². The van der Waals surface area contributed by atoms with Crippen LogP contribution in [0.1, 0.15) is 45.4 Å². The summed E-state index contributed by atoms with van der Waals surface area (Å²) in [5, 5.41) is 14.6. The Labute approximate surface area is 161 Å². The molecule has 3 rings (SSSR count). The average molecular weight is 428 g/mol. The number of hydrogen-bond donors (Lipinski definition) is 3. The fourth-order valence-corrected chi connectivity index (χ4v) is 5.65. The number of halogens is 2. The zero-order valence-corrected chi connectivity index (χ0v) is 16.3. The molecule has 28 heavy (non-hydrogen) atoms. The van der Waals surface area contributed by atoms with Gasteiger partial charge in [-0.3, -0.25) is 4.55 Å². The third-order valence-electron chi connectivity index (χ3n) is 6.65. The van der Waals surface area contributed by atoms with Gasteiger partial charge in [0, 0.05) is 0 Å². The highest BCUT2D eigenvalue weighted by Crippen LogP contribution is 2.56. The van der Waals surface area contributed by atoms with Gasteiger partial charge in [0.05, 0.1) is 11.7 Å². The van der Waals surface area contributed by atoms with E-state index in [1.807, 2.05) is 6.92 Å². The van der Waals surface area contributed by atoms with Crippen LogP contribution in [0.3, 0.4) is 0 Å². The summed E-state index contributed by atoms with van der Waals surface area (Å²) in [5.41, 5.74) is -0.649. The number of hydrogen-bond acceptors (Lipinski definition) is 7. The molecule has 7 atom stereocenters. The first-order valence-electron chi connectivity index (χ1n) is 9.39. The fraction of sp³-hybridized carbons (Fsp3) is 0.941. The molecule has 0 spiro atoms. The second-order valence-electron chi connectivity index (χ2n) is 8.48. The number of aliphatic hydroxyl groups excluding tert-OH is 1. The van der Waals surface area contributed by atoms with Crippen molar-refractivity contribution in [1.82, 2.24) is 0 Å². The maximum absolute atomic E-state index is 13.2. The molecule has 0 aromatic rings. The van der Waals surface area contributed by atoms with Crippen molar-refractivity contribution < 1.29 is 46.2 Å². The lowest BCUT2D eigenvalue weighted by molar-refractivity contribution is -0.210. The van der Waals surface area contributed by atoms with E-state index >= 15 is 0 Å². The molecule has 3 N–H and O–H groups in total. The van der Waals surface area contributed by atoms with Crippen LogP contribution in [0, 0.1) is 23.7 Å². The van der Waals surface area contributed by atoms with Crippen molar-refractivity contribution >= 4 is 16.1 Å². The smallest absolute Gasteiger partial charge is 0.426 e. The second kappa shape index (κ2) is 7.42. The van der Waals surface area contributed by atoms with E-state index in [9.17, 15) is 27.1 Å². The van der Waals surface area contributed by atoms with E-state index in [-0.39, 0.29) is 17.9 Å². The molecule has 0 radical (unpaired) electrons. The van der Waals surface area contributed by atoms with E-state index in [0.717, 1.165) is 32.1 Å². The highest BCUT2D eigenvalue weighted by Gasteiger charge is 2.55. The molecular formula is C17H26F2O8S. The molecule has 0 aliphatic heterocycles. The molecule has 3 aliphatic rings. The molecule has 8 nitrogen and oxygen atoms in total. The Hall–Kier alpha value is -0.880. The number of esters is 1. The minimum absolute atomic E-state index is 0.198. The van der Waals surface area contributed by atoms with Crippen LogP contribution in [0.5, 0.6) is 0 Å². The third kappa shape index (κ3) is 4.04. The largest absolute Gasteiger partial charge is 0.430 e. The number of fused-ring (bicyclic) bond motifs is 2. The standard InChI is InChI=1S/C17H26F2O8S/c1-16(22)4-2-3-12(16)11-6-10-5-9(11)7-13(10)26-8-14(20)27-15(21)17(18,19)28(23,24)25/h9-13,15,21-22H,2-8H2,1H3,(H,23,24,25). The highest BCUT2D eigenvalue weighted by atomic mass is 32.2. The summed E-state index contributed by atoms with van der Waals surface area (Å²) < 4.78 is 65.2. The maximum atomic E-state index is 13.2. The van der Waals surface area contributed by atoms with Gasteiger partial charge in [-0.25, -0.2) is 4.79 Å². The number of alkyl halides is 2. The molecule has 2 bridgehead atoms. The molecule has 11 heteroatoms. The van der Waals surface area contributed by atoms with Crippen molar-refractivity contribution in [3.05, 3.63) is 0 Å². The summed E-state index contributed by atoms with van der Waals surface area (Å²) in [6.45, 7) is 1.17. The summed E-state index contributed by atoms with van der Waals surface area (Å²) in [4.78, 5) is 11.6. The molecule has 162 valence electrons. The van der Waals surface area contributed by atoms with Crippen LogP contribution in [-0.2, 0) is 24.4 Å². The van der Waals surface area contributed by atoms with E-state index in [2.05, 4.69) is 4.74 Å². The zero-order chi connectivity index (χ0) is 20.9. The Morgan fingerprint density at radius 3 is 2.46 bits per heavy atom. The van der Waals surface area contributed by atoms with Gasteiger partial charge < -0.3 is 19.7 Å². The van der Waals surface area contributed by atoms with E-state index in [4.69, 9.17) is 14.4 Å². The summed E-state index contributed by atoms with van der Waals surface area (Å²) in [6, 6.07) is 0. The number of rotatable bonds is 7. The zero-order valence-electron chi connectivity index (χ0n) is 15.5. The van der Waals surface area contributed by atoms with E-state index in [1.54, 1.807) is 0 Å². The topological polar surface area (TPSA) is 130 Å². The first-order valence-corrected chi connectivity index (χ1v) is 10.8. The molecule has 7 unspecified atom stereocenters. The molecular weight excluding hydrogens is 402 g/mol. The van der Waals surface area contributed by atoms with Crippen molar-refractivity contribution in [2.24, 2.45) is 23.7 Å². The van der Waals surface area contributed by atoms with Crippen LogP contribution in [-0.4, -0.2) is 59.0 Å². The molecule has 3 fully saturated rings. The lowest BCUT2D eigenvalue weighted by Crippen LogP contribution is -2.44. The van der Waals surface area contributed by atoms with Gasteiger partial charge in [-0.2, -0.15) is 17.2 Å². The number of ether oxygens (including phenoxy) is 2. The monoisotopic (exact) mass is 428 g/mol. The van der Waals surface area contributed by atoms with Crippen molar-refractivity contribution in [3.8, 4) is 0 Å². The average Bonchev–Trinajstić information content (AvgIpc) is 3.24. The summed E-state index contributed by atoms with van der Waals surface area (Å²) in [6.07, 6.45) is 1.71. The van der Waals surface area contributed by atoms with Crippen molar-refractivity contribution in [1.29, 1.82) is 0 Å². The quantitative estimate of drug-likeness (QED) is 0.314. The van der Waals surface area contributed by atoms with E-state index in [1.165, 1.54) is 0 Å². The van der Waals surface area contributed by atoms with Gasteiger partial charge in [-0.1, -0.05) is 6.42 Å². The molecule has 0 saturated heterocycles. The van der Waals surface area contributed by atoms with Crippen molar-refractivity contribution in [2.75, 3.05) is 6.61 Å². The minimum Gasteiger partial charge on any atom is -0.426 e. The predicted molar refractivity (Wildman–Crippen MR) is 90.6 cm³/mol. The van der Waals surface area contributed by atoms with Crippen LogP contribution >= 0.6 is 0 Å². The lowest BCUT2D eigenvalue weighted by atomic mass is 9.73. The second-order valence-corrected chi connectivity index (χ2v) is 9.97. The molecule has 0 heterocycles. The van der Waals surface area contributed by atoms with Gasteiger partial charge in [0.1, 0.15) is 6.61 Å². The number of carbonyl (C=O) groups excluding carboxylic acids is 1. The van der Waals surface area contributed by atoms with E-state index < -0.39 is 39.8 Å². The highest BCUT2D eigenvalue weighted by molar-refractivity contribution is 7.86. The normalized spacial score (nSPS) is 39.3. The Balaban J connectivity index is 1.47. The van der Waals surface area contributed by atoms with Gasteiger partial charge in [-0.05, 0) is 62.7 Å². The lowest BCUT2D eigenvalue weighted by Gasteiger charge is -2.37. The van der Waals surface area contributed by atoms with Crippen LogP contribution in [0.25, 0.3) is 0 Å². The van der Waals surface area contributed by atoms with E-state index in [0.29, 0.717) is 18.3 Å². The Bertz CT molecular complexity index is 710. The van der Waals surface area contributed by atoms with Crippen molar-refractivity contribution in [3.63, 3.8) is 0 Å². The molecule has 3 saturated carbocycles.